The van der Waals surface area contributed by atoms with Gasteiger partial charge in [-0.1, -0.05) is 0 Å². The van der Waals surface area contributed by atoms with Gasteiger partial charge in [-0.15, -0.1) is 0 Å². The lowest BCUT2D eigenvalue weighted by Crippen LogP contribution is -2.59. The van der Waals surface area contributed by atoms with E-state index in [0.717, 1.165) is 23.4 Å². The molecular formula is C15H19N5O3. The van der Waals surface area contributed by atoms with Crippen molar-refractivity contribution in [2.75, 3.05) is 0 Å². The molecule has 1 aliphatic rings. The highest BCUT2D eigenvalue weighted by Crippen LogP contribution is 2.32. The second kappa shape index (κ2) is 5.60. The van der Waals surface area contributed by atoms with Crippen molar-refractivity contribution >= 4 is 17.7 Å². The average Bonchev–Trinajstić information content (AvgIpc) is 2.90. The molecule has 0 unspecified atom stereocenters. The van der Waals surface area contributed by atoms with Gasteiger partial charge in [0.2, 0.25) is 5.91 Å². The highest BCUT2D eigenvalue weighted by atomic mass is 16.4. The minimum Gasteiger partial charge on any atom is -0.480 e. The molecule has 23 heavy (non-hydrogen) atoms. The summed E-state index contributed by atoms with van der Waals surface area (Å²) >= 11 is 0. The van der Waals surface area contributed by atoms with Crippen LogP contribution >= 0.6 is 0 Å². The maximum atomic E-state index is 12.1. The first-order valence-corrected chi connectivity index (χ1v) is 7.63. The zero-order valence-electron chi connectivity index (χ0n) is 13.2. The molecule has 8 nitrogen and oxygen atoms in total. The maximum Gasteiger partial charge on any atom is 0.329 e. The van der Waals surface area contributed by atoms with E-state index in [1.807, 2.05) is 13.8 Å². The van der Waals surface area contributed by atoms with Gasteiger partial charge in [-0.3, -0.25) is 4.79 Å². The Bertz CT molecular complexity index is 779. The zero-order valence-corrected chi connectivity index (χ0v) is 13.2. The first-order chi connectivity index (χ1) is 10.9. The second-order valence-corrected chi connectivity index (χ2v) is 6.02. The van der Waals surface area contributed by atoms with Crippen LogP contribution in [0.4, 0.5) is 0 Å². The van der Waals surface area contributed by atoms with E-state index in [0.29, 0.717) is 25.0 Å². The zero-order chi connectivity index (χ0) is 16.6. The Morgan fingerprint density at radius 3 is 2.74 bits per heavy atom. The van der Waals surface area contributed by atoms with Crippen LogP contribution in [-0.4, -0.2) is 42.1 Å². The molecule has 2 aromatic rings. The first kappa shape index (κ1) is 15.4. The summed E-state index contributed by atoms with van der Waals surface area (Å²) in [5.41, 5.74) is 1.59. The topological polar surface area (TPSA) is 109 Å². The molecule has 0 spiro atoms. The minimum atomic E-state index is -1.06. The van der Waals surface area contributed by atoms with E-state index in [9.17, 15) is 14.7 Å². The molecule has 0 saturated heterocycles. The lowest BCUT2D eigenvalue weighted by Gasteiger charge is -2.38. The van der Waals surface area contributed by atoms with Gasteiger partial charge in [0.05, 0.1) is 0 Å². The van der Waals surface area contributed by atoms with E-state index < -0.39 is 11.5 Å². The van der Waals surface area contributed by atoms with Gasteiger partial charge in [0, 0.05) is 17.8 Å². The van der Waals surface area contributed by atoms with Gasteiger partial charge in [0.1, 0.15) is 11.9 Å². The quantitative estimate of drug-likeness (QED) is 0.844. The van der Waals surface area contributed by atoms with Gasteiger partial charge in [-0.2, -0.15) is 10.1 Å². The SMILES string of the molecule is Cc1nc2ncnn2c(C)c1CCC(=O)NC1(C(=O)O)CCC1. The van der Waals surface area contributed by atoms with E-state index in [2.05, 4.69) is 20.4 Å². The summed E-state index contributed by atoms with van der Waals surface area (Å²) in [6.45, 7) is 3.79. The summed E-state index contributed by atoms with van der Waals surface area (Å²) in [4.78, 5) is 31.9. The van der Waals surface area contributed by atoms with Crippen molar-refractivity contribution in [2.45, 2.75) is 51.5 Å². The van der Waals surface area contributed by atoms with E-state index in [4.69, 9.17) is 0 Å². The summed E-state index contributed by atoms with van der Waals surface area (Å²) in [6.07, 6.45) is 3.98. The first-order valence-electron chi connectivity index (χ1n) is 7.63. The Balaban J connectivity index is 1.71. The molecule has 0 aromatic carbocycles. The Kier molecular flexibility index (Phi) is 3.75. The summed E-state index contributed by atoms with van der Waals surface area (Å²) in [5, 5.41) is 16.1. The van der Waals surface area contributed by atoms with Crippen molar-refractivity contribution in [3.63, 3.8) is 0 Å². The van der Waals surface area contributed by atoms with Crippen LogP contribution in [0.15, 0.2) is 6.33 Å². The lowest BCUT2D eigenvalue weighted by molar-refractivity contribution is -0.151. The molecule has 3 rings (SSSR count). The van der Waals surface area contributed by atoms with Crippen LogP contribution in [0, 0.1) is 13.8 Å². The molecule has 0 atom stereocenters. The Morgan fingerprint density at radius 1 is 1.39 bits per heavy atom. The average molecular weight is 317 g/mol. The molecule has 0 aliphatic heterocycles. The number of carbonyl (C=O) groups excluding carboxylic acids is 1. The molecule has 1 fully saturated rings. The summed E-state index contributed by atoms with van der Waals surface area (Å²) in [7, 11) is 0. The van der Waals surface area contributed by atoms with Crippen LogP contribution in [-0.2, 0) is 16.0 Å². The third-order valence-corrected chi connectivity index (χ3v) is 4.59. The largest absolute Gasteiger partial charge is 0.480 e. The molecule has 1 aliphatic carbocycles. The fourth-order valence-electron chi connectivity index (χ4n) is 3.01. The molecule has 2 aromatic heterocycles. The molecule has 1 amide bonds. The number of hydrogen-bond donors (Lipinski definition) is 2. The molecule has 0 bridgehead atoms. The number of fused-ring (bicyclic) bond motifs is 1. The standard InChI is InChI=1S/C15H19N5O3/c1-9-11(10(2)20-14(18-9)16-8-17-20)4-5-12(21)19-15(13(22)23)6-3-7-15/h8H,3-7H2,1-2H3,(H,19,21)(H,22,23). The molecule has 122 valence electrons. The smallest absolute Gasteiger partial charge is 0.329 e. The van der Waals surface area contributed by atoms with Crippen molar-refractivity contribution in [1.82, 2.24) is 24.9 Å². The lowest BCUT2D eigenvalue weighted by atomic mass is 9.76. The van der Waals surface area contributed by atoms with Gasteiger partial charge >= 0.3 is 5.97 Å². The predicted molar refractivity (Wildman–Crippen MR) is 80.9 cm³/mol. The van der Waals surface area contributed by atoms with Crippen molar-refractivity contribution in [3.8, 4) is 0 Å². The van der Waals surface area contributed by atoms with Gasteiger partial charge < -0.3 is 10.4 Å². The monoisotopic (exact) mass is 317 g/mol. The normalized spacial score (nSPS) is 16.1. The molecule has 2 heterocycles. The van der Waals surface area contributed by atoms with Gasteiger partial charge in [-0.05, 0) is 45.1 Å². The Hall–Kier alpha value is -2.51. The molecular weight excluding hydrogens is 298 g/mol. The predicted octanol–water partition coefficient (Wildman–Crippen LogP) is 0.797. The number of carbonyl (C=O) groups is 2. The van der Waals surface area contributed by atoms with Crippen LogP contribution in [0.5, 0.6) is 0 Å². The third-order valence-electron chi connectivity index (χ3n) is 4.59. The number of carboxylic acids is 1. The van der Waals surface area contributed by atoms with Crippen molar-refractivity contribution in [1.29, 1.82) is 0 Å². The van der Waals surface area contributed by atoms with E-state index in [-0.39, 0.29) is 12.3 Å². The number of aliphatic carboxylic acids is 1. The number of carboxylic acid groups (broad SMARTS) is 1. The van der Waals surface area contributed by atoms with Crippen LogP contribution in [0.25, 0.3) is 5.78 Å². The van der Waals surface area contributed by atoms with Crippen molar-refractivity contribution in [3.05, 3.63) is 23.3 Å². The van der Waals surface area contributed by atoms with E-state index in [1.165, 1.54) is 6.33 Å². The fourth-order valence-corrected chi connectivity index (χ4v) is 3.01. The van der Waals surface area contributed by atoms with Gasteiger partial charge in [-0.25, -0.2) is 14.3 Å². The van der Waals surface area contributed by atoms with Crippen molar-refractivity contribution in [2.24, 2.45) is 0 Å². The van der Waals surface area contributed by atoms with Gasteiger partial charge in [0.25, 0.3) is 5.78 Å². The summed E-state index contributed by atoms with van der Waals surface area (Å²) < 4.78 is 1.64. The number of hydrogen-bond acceptors (Lipinski definition) is 5. The number of aryl methyl sites for hydroxylation is 2. The third kappa shape index (κ3) is 2.64. The number of rotatable bonds is 5. The minimum absolute atomic E-state index is 0.221. The molecule has 0 radical (unpaired) electrons. The van der Waals surface area contributed by atoms with Crippen LogP contribution in [0.2, 0.25) is 0 Å². The second-order valence-electron chi connectivity index (χ2n) is 6.02. The van der Waals surface area contributed by atoms with Gasteiger partial charge in [0.15, 0.2) is 0 Å². The summed E-state index contributed by atoms with van der Waals surface area (Å²) in [5.74, 6) is -0.660. The van der Waals surface area contributed by atoms with Crippen LogP contribution < -0.4 is 5.32 Å². The molecule has 8 heteroatoms. The molecule has 2 N–H and O–H groups in total. The fraction of sp³-hybridized carbons (Fsp3) is 0.533. The number of aromatic nitrogens is 4. The van der Waals surface area contributed by atoms with E-state index >= 15 is 0 Å². The Labute approximate surface area is 132 Å². The van der Waals surface area contributed by atoms with E-state index in [1.54, 1.807) is 4.52 Å². The number of amides is 1. The van der Waals surface area contributed by atoms with Crippen LogP contribution in [0.1, 0.15) is 42.6 Å². The number of nitrogens with one attached hydrogen (secondary N) is 1. The summed E-state index contributed by atoms with van der Waals surface area (Å²) in [6, 6.07) is 0. The Morgan fingerprint density at radius 2 is 2.13 bits per heavy atom. The molecule has 1 saturated carbocycles. The highest BCUT2D eigenvalue weighted by molar-refractivity contribution is 5.87. The number of nitrogens with zero attached hydrogens (tertiary/aromatic N) is 4. The van der Waals surface area contributed by atoms with Crippen LogP contribution in [0.3, 0.4) is 0 Å². The highest BCUT2D eigenvalue weighted by Gasteiger charge is 2.45. The maximum absolute atomic E-state index is 12.1. The van der Waals surface area contributed by atoms with Crippen molar-refractivity contribution < 1.29 is 14.7 Å².